The van der Waals surface area contributed by atoms with Gasteiger partial charge in [-0.25, -0.2) is 0 Å². The van der Waals surface area contributed by atoms with Crippen LogP contribution in [0.3, 0.4) is 0 Å². The predicted molar refractivity (Wildman–Crippen MR) is 81.8 cm³/mol. The molecule has 0 aliphatic carbocycles. The molecule has 1 amide bonds. The van der Waals surface area contributed by atoms with Gasteiger partial charge in [-0.2, -0.15) is 0 Å². The van der Waals surface area contributed by atoms with E-state index < -0.39 is 0 Å². The van der Waals surface area contributed by atoms with Gasteiger partial charge in [0.25, 0.3) is 5.91 Å². The standard InChI is InChI=1S/C15H17ClN2O3/c1-9(2)21-14-4-3-11(6-13(14)16)18-15(19)10-5-12(7-17)20-8-10/h3-6,8-9H,7,17H2,1-2H3,(H,18,19). The lowest BCUT2D eigenvalue weighted by Gasteiger charge is -2.12. The van der Waals surface area contributed by atoms with Crippen molar-refractivity contribution in [2.75, 3.05) is 5.32 Å². The highest BCUT2D eigenvalue weighted by molar-refractivity contribution is 6.32. The second-order valence-electron chi connectivity index (χ2n) is 4.77. The van der Waals surface area contributed by atoms with Gasteiger partial charge < -0.3 is 20.2 Å². The van der Waals surface area contributed by atoms with Crippen LogP contribution in [0.25, 0.3) is 0 Å². The average Bonchev–Trinajstić information content (AvgIpc) is 2.90. The van der Waals surface area contributed by atoms with Crippen LogP contribution in [0.1, 0.15) is 30.0 Å². The molecule has 0 unspecified atom stereocenters. The van der Waals surface area contributed by atoms with Crippen LogP contribution >= 0.6 is 11.6 Å². The minimum atomic E-state index is -0.285. The molecule has 0 aliphatic rings. The summed E-state index contributed by atoms with van der Waals surface area (Å²) in [6.45, 7) is 4.08. The van der Waals surface area contributed by atoms with Crippen LogP contribution in [0.4, 0.5) is 5.69 Å². The number of furan rings is 1. The number of carbonyl (C=O) groups excluding carboxylic acids is 1. The molecule has 3 N–H and O–H groups in total. The van der Waals surface area contributed by atoms with E-state index in [2.05, 4.69) is 5.32 Å². The fourth-order valence-corrected chi connectivity index (χ4v) is 1.96. The van der Waals surface area contributed by atoms with Crippen LogP contribution < -0.4 is 15.8 Å². The molecule has 2 aromatic rings. The zero-order valence-corrected chi connectivity index (χ0v) is 12.6. The minimum absolute atomic E-state index is 0.0311. The normalized spacial score (nSPS) is 10.7. The van der Waals surface area contributed by atoms with Gasteiger partial charge >= 0.3 is 0 Å². The Labute approximate surface area is 128 Å². The van der Waals surface area contributed by atoms with Crippen molar-refractivity contribution in [1.82, 2.24) is 0 Å². The third-order valence-electron chi connectivity index (χ3n) is 2.67. The molecule has 0 aliphatic heterocycles. The summed E-state index contributed by atoms with van der Waals surface area (Å²) < 4.78 is 10.7. The van der Waals surface area contributed by atoms with E-state index in [0.29, 0.717) is 27.8 Å². The molecule has 0 atom stereocenters. The monoisotopic (exact) mass is 308 g/mol. The quantitative estimate of drug-likeness (QED) is 0.887. The summed E-state index contributed by atoms with van der Waals surface area (Å²) in [5.41, 5.74) is 6.43. The zero-order valence-electron chi connectivity index (χ0n) is 11.9. The summed E-state index contributed by atoms with van der Waals surface area (Å²) >= 11 is 6.12. The Kier molecular flexibility index (Phi) is 4.88. The summed E-state index contributed by atoms with van der Waals surface area (Å²) in [5.74, 6) is 0.851. The molecule has 0 spiro atoms. The SMILES string of the molecule is CC(C)Oc1ccc(NC(=O)c2coc(CN)c2)cc1Cl. The van der Waals surface area contributed by atoms with Gasteiger partial charge in [0.2, 0.25) is 0 Å². The van der Waals surface area contributed by atoms with Crippen molar-refractivity contribution >= 4 is 23.2 Å². The summed E-state index contributed by atoms with van der Waals surface area (Å²) in [7, 11) is 0. The molecule has 0 radical (unpaired) electrons. The van der Waals surface area contributed by atoms with Gasteiger partial charge in [0.1, 0.15) is 17.8 Å². The summed E-state index contributed by atoms with van der Waals surface area (Å²) in [4.78, 5) is 12.0. The number of ether oxygens (including phenoxy) is 1. The van der Waals surface area contributed by atoms with Crippen LogP contribution in [0.2, 0.25) is 5.02 Å². The molecule has 112 valence electrons. The van der Waals surface area contributed by atoms with Crippen LogP contribution in [-0.2, 0) is 6.54 Å². The van der Waals surface area contributed by atoms with Gasteiger partial charge in [-0.3, -0.25) is 4.79 Å². The molecule has 0 saturated heterocycles. The maximum absolute atomic E-state index is 12.0. The first-order valence-corrected chi connectivity index (χ1v) is 6.92. The van der Waals surface area contributed by atoms with Gasteiger partial charge in [-0.1, -0.05) is 11.6 Å². The maximum atomic E-state index is 12.0. The van der Waals surface area contributed by atoms with Gasteiger partial charge in [-0.05, 0) is 38.1 Å². The van der Waals surface area contributed by atoms with Crippen LogP contribution in [-0.4, -0.2) is 12.0 Å². The van der Waals surface area contributed by atoms with Gasteiger partial charge in [0.15, 0.2) is 0 Å². The highest BCUT2D eigenvalue weighted by Gasteiger charge is 2.11. The van der Waals surface area contributed by atoms with E-state index in [1.165, 1.54) is 6.26 Å². The summed E-state index contributed by atoms with van der Waals surface area (Å²) in [5, 5.41) is 3.18. The van der Waals surface area contributed by atoms with Gasteiger partial charge in [0.05, 0.1) is 23.2 Å². The van der Waals surface area contributed by atoms with E-state index in [4.69, 9.17) is 26.5 Å². The lowest BCUT2D eigenvalue weighted by Crippen LogP contribution is -2.11. The first kappa shape index (κ1) is 15.4. The summed E-state index contributed by atoms with van der Waals surface area (Å²) in [6, 6.07) is 6.69. The highest BCUT2D eigenvalue weighted by atomic mass is 35.5. The van der Waals surface area contributed by atoms with E-state index in [1.54, 1.807) is 24.3 Å². The largest absolute Gasteiger partial charge is 0.489 e. The third-order valence-corrected chi connectivity index (χ3v) is 2.96. The van der Waals surface area contributed by atoms with E-state index in [0.717, 1.165) is 0 Å². The lowest BCUT2D eigenvalue weighted by atomic mass is 10.2. The number of carbonyl (C=O) groups is 1. The molecule has 1 heterocycles. The van der Waals surface area contributed by atoms with E-state index >= 15 is 0 Å². The molecule has 0 bridgehead atoms. The number of nitrogens with two attached hydrogens (primary N) is 1. The smallest absolute Gasteiger partial charge is 0.258 e. The Morgan fingerprint density at radius 1 is 1.43 bits per heavy atom. The first-order valence-electron chi connectivity index (χ1n) is 6.54. The molecule has 21 heavy (non-hydrogen) atoms. The fraction of sp³-hybridized carbons (Fsp3) is 0.267. The molecule has 1 aromatic heterocycles. The molecule has 5 nitrogen and oxygen atoms in total. The van der Waals surface area contributed by atoms with Crippen LogP contribution in [0, 0.1) is 0 Å². The van der Waals surface area contributed by atoms with Gasteiger partial charge in [-0.15, -0.1) is 0 Å². The molecule has 6 heteroatoms. The molecule has 0 fully saturated rings. The number of nitrogens with one attached hydrogen (secondary N) is 1. The Morgan fingerprint density at radius 2 is 2.19 bits per heavy atom. The number of hydrogen-bond donors (Lipinski definition) is 2. The Balaban J connectivity index is 2.09. The second-order valence-corrected chi connectivity index (χ2v) is 5.18. The molecule has 0 saturated carbocycles. The number of anilines is 1. The summed E-state index contributed by atoms with van der Waals surface area (Å²) in [6.07, 6.45) is 1.40. The van der Waals surface area contributed by atoms with Crippen molar-refractivity contribution in [3.05, 3.63) is 46.9 Å². The molecule has 1 aromatic carbocycles. The highest BCUT2D eigenvalue weighted by Crippen LogP contribution is 2.28. The van der Waals surface area contributed by atoms with Crippen molar-refractivity contribution in [3.63, 3.8) is 0 Å². The van der Waals surface area contributed by atoms with Crippen molar-refractivity contribution < 1.29 is 13.9 Å². The number of halogens is 1. The third kappa shape index (κ3) is 4.00. The second kappa shape index (κ2) is 6.65. The number of rotatable bonds is 5. The van der Waals surface area contributed by atoms with Crippen molar-refractivity contribution in [2.24, 2.45) is 5.73 Å². The van der Waals surface area contributed by atoms with Gasteiger partial charge in [0, 0.05) is 5.69 Å². The van der Waals surface area contributed by atoms with E-state index in [-0.39, 0.29) is 18.6 Å². The van der Waals surface area contributed by atoms with Crippen molar-refractivity contribution in [3.8, 4) is 5.75 Å². The Hall–Kier alpha value is -1.98. The topological polar surface area (TPSA) is 77.5 Å². The average molecular weight is 309 g/mol. The fourth-order valence-electron chi connectivity index (χ4n) is 1.74. The van der Waals surface area contributed by atoms with Crippen LogP contribution in [0.5, 0.6) is 5.75 Å². The number of hydrogen-bond acceptors (Lipinski definition) is 4. The molecule has 2 rings (SSSR count). The number of amides is 1. The maximum Gasteiger partial charge on any atom is 0.258 e. The van der Waals surface area contributed by atoms with Crippen molar-refractivity contribution in [2.45, 2.75) is 26.5 Å². The predicted octanol–water partition coefficient (Wildman–Crippen LogP) is 3.43. The zero-order chi connectivity index (χ0) is 15.4. The Bertz CT molecular complexity index is 638. The molecular formula is C15H17ClN2O3. The minimum Gasteiger partial charge on any atom is -0.489 e. The Morgan fingerprint density at radius 3 is 2.76 bits per heavy atom. The number of benzene rings is 1. The van der Waals surface area contributed by atoms with E-state index in [1.807, 2.05) is 13.8 Å². The van der Waals surface area contributed by atoms with Crippen LogP contribution in [0.15, 0.2) is 34.9 Å². The first-order chi connectivity index (χ1) is 9.99. The molecular weight excluding hydrogens is 292 g/mol. The van der Waals surface area contributed by atoms with Crippen molar-refractivity contribution in [1.29, 1.82) is 0 Å². The lowest BCUT2D eigenvalue weighted by molar-refractivity contribution is 0.102. The van der Waals surface area contributed by atoms with E-state index in [9.17, 15) is 4.79 Å².